The van der Waals surface area contributed by atoms with Gasteiger partial charge in [-0.05, 0) is 18.6 Å². The number of carbonyl (C=O) groups is 1. The van der Waals surface area contributed by atoms with Gasteiger partial charge in [-0.3, -0.25) is 9.35 Å². The summed E-state index contributed by atoms with van der Waals surface area (Å²) in [6.07, 6.45) is 1.74. The summed E-state index contributed by atoms with van der Waals surface area (Å²) in [4.78, 5) is 11.6. The molecular weight excluding hydrogens is 268 g/mol. The van der Waals surface area contributed by atoms with Crippen LogP contribution in [0.4, 0.5) is 5.69 Å². The zero-order valence-electron chi connectivity index (χ0n) is 10.4. The zero-order chi connectivity index (χ0) is 14.0. The normalized spacial score (nSPS) is 15.8. The lowest BCUT2D eigenvalue weighted by Gasteiger charge is -2.14. The molecule has 1 aromatic carbocycles. The van der Waals surface area contributed by atoms with Gasteiger partial charge in [0.05, 0.1) is 12.1 Å². The third-order valence-corrected chi connectivity index (χ3v) is 3.64. The van der Waals surface area contributed by atoms with Crippen molar-refractivity contribution in [2.75, 3.05) is 5.01 Å². The largest absolute Gasteiger partial charge is 0.296 e. The highest BCUT2D eigenvalue weighted by Gasteiger charge is 2.28. The zero-order valence-corrected chi connectivity index (χ0v) is 11.2. The van der Waals surface area contributed by atoms with Gasteiger partial charge in [0.15, 0.2) is 0 Å². The highest BCUT2D eigenvalue weighted by Crippen LogP contribution is 2.28. The predicted molar refractivity (Wildman–Crippen MR) is 70.7 cm³/mol. The maximum atomic E-state index is 11.9. The maximum absolute atomic E-state index is 11.9. The highest BCUT2D eigenvalue weighted by atomic mass is 32.2. The molecule has 1 aliphatic heterocycles. The molecule has 0 saturated carbocycles. The van der Waals surface area contributed by atoms with Crippen LogP contribution in [0.2, 0.25) is 0 Å². The van der Waals surface area contributed by atoms with Gasteiger partial charge >= 0.3 is 0 Å². The van der Waals surface area contributed by atoms with Gasteiger partial charge in [-0.1, -0.05) is 25.5 Å². The van der Waals surface area contributed by atoms with Crippen molar-refractivity contribution < 1.29 is 17.8 Å². The second kappa shape index (κ2) is 5.10. The van der Waals surface area contributed by atoms with Crippen LogP contribution in [0, 0.1) is 0 Å². The van der Waals surface area contributed by atoms with Crippen molar-refractivity contribution in [1.82, 2.24) is 0 Å². The first-order valence-electron chi connectivity index (χ1n) is 5.89. The molecule has 0 saturated heterocycles. The molecule has 1 heterocycles. The number of para-hydroxylation sites is 1. The number of hydrogen-bond acceptors (Lipinski definition) is 4. The molecule has 1 aliphatic rings. The van der Waals surface area contributed by atoms with Gasteiger partial charge in [-0.25, -0.2) is 0 Å². The van der Waals surface area contributed by atoms with Gasteiger partial charge in [-0.15, -0.1) is 0 Å². The molecule has 7 heteroatoms. The van der Waals surface area contributed by atoms with E-state index >= 15 is 0 Å². The Labute approximate surface area is 111 Å². The molecule has 0 atom stereocenters. The van der Waals surface area contributed by atoms with Gasteiger partial charge in [-0.2, -0.15) is 18.5 Å². The van der Waals surface area contributed by atoms with Crippen molar-refractivity contribution in [3.8, 4) is 0 Å². The first-order valence-corrected chi connectivity index (χ1v) is 7.33. The molecule has 1 N–H and O–H groups in total. The minimum Gasteiger partial charge on any atom is -0.282 e. The molecule has 0 bridgehead atoms. The Morgan fingerprint density at radius 1 is 1.37 bits per heavy atom. The van der Waals surface area contributed by atoms with E-state index in [0.29, 0.717) is 6.42 Å². The average molecular weight is 282 g/mol. The van der Waals surface area contributed by atoms with Crippen molar-refractivity contribution in [3.05, 3.63) is 24.3 Å². The number of carbonyl (C=O) groups excluding carboxylic acids is 1. The third-order valence-electron chi connectivity index (χ3n) is 2.74. The summed E-state index contributed by atoms with van der Waals surface area (Å²) >= 11 is 0. The Morgan fingerprint density at radius 3 is 2.68 bits per heavy atom. The maximum Gasteiger partial charge on any atom is 0.296 e. The molecule has 19 heavy (non-hydrogen) atoms. The predicted octanol–water partition coefficient (Wildman–Crippen LogP) is 1.83. The van der Waals surface area contributed by atoms with Crippen LogP contribution in [0.25, 0.3) is 0 Å². The molecular formula is C12H14N2O4S. The number of anilines is 1. The van der Waals surface area contributed by atoms with Crippen LogP contribution in [0.15, 0.2) is 34.3 Å². The van der Waals surface area contributed by atoms with E-state index in [1.54, 1.807) is 6.07 Å². The molecule has 0 aromatic heterocycles. The van der Waals surface area contributed by atoms with Gasteiger partial charge in [0, 0.05) is 5.71 Å². The Kier molecular flexibility index (Phi) is 3.68. The third kappa shape index (κ3) is 2.82. The van der Waals surface area contributed by atoms with Gasteiger partial charge < -0.3 is 0 Å². The van der Waals surface area contributed by atoms with E-state index in [4.69, 9.17) is 0 Å². The fourth-order valence-corrected chi connectivity index (χ4v) is 2.62. The molecule has 1 aromatic rings. The molecule has 0 aliphatic carbocycles. The van der Waals surface area contributed by atoms with Crippen LogP contribution in [0.5, 0.6) is 0 Å². The van der Waals surface area contributed by atoms with E-state index in [0.717, 1.165) is 17.1 Å². The molecule has 0 unspecified atom stereocenters. The summed E-state index contributed by atoms with van der Waals surface area (Å²) in [5.41, 5.74) is 0.804. The van der Waals surface area contributed by atoms with Crippen LogP contribution < -0.4 is 5.01 Å². The number of rotatable bonds is 4. The Bertz CT molecular complexity index is 637. The smallest absolute Gasteiger partial charge is 0.282 e. The van der Waals surface area contributed by atoms with E-state index in [2.05, 4.69) is 5.10 Å². The minimum absolute atomic E-state index is 0.0844. The average Bonchev–Trinajstić information content (AvgIpc) is 2.70. The van der Waals surface area contributed by atoms with E-state index in [1.165, 1.54) is 18.2 Å². The van der Waals surface area contributed by atoms with Crippen molar-refractivity contribution in [2.45, 2.75) is 31.1 Å². The summed E-state index contributed by atoms with van der Waals surface area (Å²) in [5.74, 6) is -0.292. The number of hydrogen-bond donors (Lipinski definition) is 1. The minimum atomic E-state index is -4.39. The van der Waals surface area contributed by atoms with Crippen molar-refractivity contribution in [2.24, 2.45) is 5.10 Å². The van der Waals surface area contributed by atoms with Crippen molar-refractivity contribution in [1.29, 1.82) is 0 Å². The van der Waals surface area contributed by atoms with Crippen LogP contribution in [0.1, 0.15) is 26.2 Å². The summed E-state index contributed by atoms with van der Waals surface area (Å²) in [6.45, 7) is 1.97. The van der Waals surface area contributed by atoms with E-state index in [-0.39, 0.29) is 22.9 Å². The van der Waals surface area contributed by atoms with E-state index in [1.807, 2.05) is 6.92 Å². The summed E-state index contributed by atoms with van der Waals surface area (Å²) in [7, 11) is -4.39. The number of hydrazone groups is 1. The van der Waals surface area contributed by atoms with Crippen LogP contribution >= 0.6 is 0 Å². The SMILES string of the molecule is CCCC1=NN(c2ccccc2S(=O)(=O)O)C(=O)C1. The van der Waals surface area contributed by atoms with Crippen LogP contribution in [-0.2, 0) is 14.9 Å². The summed E-state index contributed by atoms with van der Waals surface area (Å²) in [6, 6.07) is 5.75. The fraction of sp³-hybridized carbons (Fsp3) is 0.333. The van der Waals surface area contributed by atoms with Gasteiger partial charge in [0.1, 0.15) is 4.90 Å². The monoisotopic (exact) mass is 282 g/mol. The Morgan fingerprint density at radius 2 is 2.05 bits per heavy atom. The number of amides is 1. The molecule has 0 spiro atoms. The lowest BCUT2D eigenvalue weighted by Crippen LogP contribution is -2.21. The quantitative estimate of drug-likeness (QED) is 0.853. The topological polar surface area (TPSA) is 87.0 Å². The van der Waals surface area contributed by atoms with Crippen molar-refractivity contribution in [3.63, 3.8) is 0 Å². The summed E-state index contributed by atoms with van der Waals surface area (Å²) < 4.78 is 31.8. The number of nitrogens with zero attached hydrogens (tertiary/aromatic N) is 2. The fourth-order valence-electron chi connectivity index (χ4n) is 1.95. The molecule has 102 valence electrons. The van der Waals surface area contributed by atoms with Crippen LogP contribution in [-0.4, -0.2) is 24.6 Å². The first kappa shape index (κ1) is 13.7. The van der Waals surface area contributed by atoms with Crippen molar-refractivity contribution >= 4 is 27.4 Å². The molecule has 0 fully saturated rings. The molecule has 0 radical (unpaired) electrons. The van der Waals surface area contributed by atoms with Gasteiger partial charge in [0.2, 0.25) is 0 Å². The summed E-state index contributed by atoms with van der Waals surface area (Å²) in [5, 5.41) is 5.18. The van der Waals surface area contributed by atoms with Crippen LogP contribution in [0.3, 0.4) is 0 Å². The molecule has 6 nitrogen and oxygen atoms in total. The first-order chi connectivity index (χ1) is 8.93. The number of benzene rings is 1. The highest BCUT2D eigenvalue weighted by molar-refractivity contribution is 7.86. The Hall–Kier alpha value is -1.73. The second-order valence-corrected chi connectivity index (χ2v) is 5.63. The standard InChI is InChI=1S/C12H14N2O4S/c1-2-5-9-8-12(15)14(13-9)10-6-3-4-7-11(10)19(16,17)18/h3-4,6-7H,2,5,8H2,1H3,(H,16,17,18). The second-order valence-electron chi connectivity index (χ2n) is 4.24. The van der Waals surface area contributed by atoms with E-state index < -0.39 is 10.1 Å². The lowest BCUT2D eigenvalue weighted by molar-refractivity contribution is -0.116. The Balaban J connectivity index is 2.46. The molecule has 1 amide bonds. The molecule has 2 rings (SSSR count). The lowest BCUT2D eigenvalue weighted by atomic mass is 10.2. The van der Waals surface area contributed by atoms with E-state index in [9.17, 15) is 17.8 Å². The van der Waals surface area contributed by atoms with Gasteiger partial charge in [0.25, 0.3) is 16.0 Å².